The number of nitrogens with zero attached hydrogens (tertiary/aromatic N) is 3. The summed E-state index contributed by atoms with van der Waals surface area (Å²) in [6, 6.07) is 8.28. The van der Waals surface area contributed by atoms with E-state index in [0.717, 1.165) is 30.9 Å². The van der Waals surface area contributed by atoms with E-state index in [9.17, 15) is 4.79 Å². The van der Waals surface area contributed by atoms with Gasteiger partial charge in [-0.15, -0.1) is 6.58 Å². The summed E-state index contributed by atoms with van der Waals surface area (Å²) in [5.74, 6) is 2.04. The fraction of sp³-hybridized carbons (Fsp3) is 0.474. The van der Waals surface area contributed by atoms with Crippen molar-refractivity contribution in [2.75, 3.05) is 13.1 Å². The van der Waals surface area contributed by atoms with E-state index in [2.05, 4.69) is 43.2 Å². The predicted octanol–water partition coefficient (Wildman–Crippen LogP) is 3.58. The number of aromatic nitrogens is 2. The molecule has 1 aromatic heterocycles. The molecule has 0 radical (unpaired) electrons. The molecule has 0 bridgehead atoms. The fourth-order valence-electron chi connectivity index (χ4n) is 3.32. The van der Waals surface area contributed by atoms with Gasteiger partial charge in [-0.3, -0.25) is 4.79 Å². The Morgan fingerprint density at radius 1 is 1.43 bits per heavy atom. The van der Waals surface area contributed by atoms with Gasteiger partial charge < -0.3 is 9.47 Å². The number of para-hydroxylation sites is 2. The lowest BCUT2D eigenvalue weighted by atomic mass is 10.1. The van der Waals surface area contributed by atoms with E-state index in [0.29, 0.717) is 18.9 Å². The van der Waals surface area contributed by atoms with Crippen LogP contribution in [-0.2, 0) is 11.3 Å². The van der Waals surface area contributed by atoms with E-state index in [4.69, 9.17) is 4.98 Å². The molecular weight excluding hydrogens is 286 g/mol. The molecule has 0 aliphatic carbocycles. The van der Waals surface area contributed by atoms with Crippen LogP contribution in [-0.4, -0.2) is 33.4 Å². The van der Waals surface area contributed by atoms with Gasteiger partial charge in [0.25, 0.3) is 0 Å². The lowest BCUT2D eigenvalue weighted by Gasteiger charge is -2.17. The first-order valence-corrected chi connectivity index (χ1v) is 8.47. The number of imidazole rings is 1. The molecule has 1 aliphatic heterocycles. The Morgan fingerprint density at radius 3 is 2.96 bits per heavy atom. The van der Waals surface area contributed by atoms with Crippen LogP contribution in [0.5, 0.6) is 0 Å². The lowest BCUT2D eigenvalue weighted by Crippen LogP contribution is -2.25. The van der Waals surface area contributed by atoms with Crippen LogP contribution in [0.3, 0.4) is 0 Å². The van der Waals surface area contributed by atoms with Crippen molar-refractivity contribution < 1.29 is 4.79 Å². The maximum Gasteiger partial charge on any atom is 0.223 e. The highest BCUT2D eigenvalue weighted by molar-refractivity contribution is 5.81. The molecule has 0 saturated carbocycles. The third-order valence-corrected chi connectivity index (χ3v) is 4.80. The molecule has 23 heavy (non-hydrogen) atoms. The molecule has 0 spiro atoms. The Balaban J connectivity index is 1.98. The first-order chi connectivity index (χ1) is 11.1. The van der Waals surface area contributed by atoms with Crippen molar-refractivity contribution in [1.29, 1.82) is 0 Å². The quantitative estimate of drug-likeness (QED) is 0.765. The minimum atomic E-state index is 0.180. The number of carbonyl (C=O) groups is 1. The van der Waals surface area contributed by atoms with Crippen molar-refractivity contribution in [3.8, 4) is 0 Å². The molecule has 2 aromatic rings. The average Bonchev–Trinajstić information content (AvgIpc) is 3.09. The summed E-state index contributed by atoms with van der Waals surface area (Å²) in [5.41, 5.74) is 2.21. The third kappa shape index (κ3) is 3.03. The highest BCUT2D eigenvalue weighted by Crippen LogP contribution is 2.31. The maximum atomic E-state index is 12.2. The zero-order valence-electron chi connectivity index (χ0n) is 14.0. The van der Waals surface area contributed by atoms with Gasteiger partial charge >= 0.3 is 0 Å². The van der Waals surface area contributed by atoms with Crippen molar-refractivity contribution in [3.63, 3.8) is 0 Å². The van der Waals surface area contributed by atoms with E-state index < -0.39 is 0 Å². The molecule has 1 aliphatic rings. The number of hydrogen-bond acceptors (Lipinski definition) is 2. The summed E-state index contributed by atoms with van der Waals surface area (Å²) in [7, 11) is 0. The van der Waals surface area contributed by atoms with Crippen LogP contribution in [0, 0.1) is 5.92 Å². The highest BCUT2D eigenvalue weighted by Gasteiger charge is 2.33. The lowest BCUT2D eigenvalue weighted by molar-refractivity contribution is -0.127. The van der Waals surface area contributed by atoms with Gasteiger partial charge in [-0.1, -0.05) is 38.5 Å². The predicted molar refractivity (Wildman–Crippen MR) is 93.3 cm³/mol. The molecule has 0 N–H and O–H groups in total. The molecule has 0 unspecified atom stereocenters. The van der Waals surface area contributed by atoms with Gasteiger partial charge in [-0.2, -0.15) is 0 Å². The number of rotatable bonds is 6. The van der Waals surface area contributed by atoms with Crippen molar-refractivity contribution >= 4 is 16.9 Å². The second-order valence-electron chi connectivity index (χ2n) is 6.57. The van der Waals surface area contributed by atoms with Gasteiger partial charge in [-0.05, 0) is 18.1 Å². The summed E-state index contributed by atoms with van der Waals surface area (Å²) in [4.78, 5) is 18.9. The van der Waals surface area contributed by atoms with E-state index in [1.165, 1.54) is 5.52 Å². The van der Waals surface area contributed by atoms with E-state index in [1.54, 1.807) is 6.08 Å². The second-order valence-corrected chi connectivity index (χ2v) is 6.57. The molecule has 2 heterocycles. The number of fused-ring (bicyclic) bond motifs is 1. The Kier molecular flexibility index (Phi) is 4.51. The summed E-state index contributed by atoms with van der Waals surface area (Å²) in [5, 5.41) is 0. The number of amides is 1. The van der Waals surface area contributed by atoms with Crippen molar-refractivity contribution in [1.82, 2.24) is 14.5 Å². The molecule has 1 saturated heterocycles. The largest absolute Gasteiger partial charge is 0.338 e. The van der Waals surface area contributed by atoms with Crippen LogP contribution >= 0.6 is 0 Å². The molecule has 122 valence electrons. The Hall–Kier alpha value is -2.10. The van der Waals surface area contributed by atoms with Crippen molar-refractivity contribution in [2.45, 2.75) is 39.2 Å². The number of benzene rings is 1. The summed E-state index contributed by atoms with van der Waals surface area (Å²) < 4.78 is 2.33. The molecule has 4 nitrogen and oxygen atoms in total. The van der Waals surface area contributed by atoms with Crippen molar-refractivity contribution in [3.05, 3.63) is 42.7 Å². The minimum absolute atomic E-state index is 0.180. The van der Waals surface area contributed by atoms with Gasteiger partial charge in [0.2, 0.25) is 5.91 Å². The van der Waals surface area contributed by atoms with Gasteiger partial charge in [0.1, 0.15) is 5.82 Å². The molecule has 4 heteroatoms. The van der Waals surface area contributed by atoms with Crippen LogP contribution in [0.2, 0.25) is 0 Å². The van der Waals surface area contributed by atoms with Crippen LogP contribution < -0.4 is 0 Å². The van der Waals surface area contributed by atoms with Crippen LogP contribution in [0.15, 0.2) is 36.9 Å². The molecular formula is C19H25N3O. The number of hydrogen-bond donors (Lipinski definition) is 0. The van der Waals surface area contributed by atoms with Gasteiger partial charge in [0.15, 0.2) is 0 Å². The van der Waals surface area contributed by atoms with Crippen LogP contribution in [0.4, 0.5) is 0 Å². The Morgan fingerprint density at radius 2 is 2.22 bits per heavy atom. The van der Waals surface area contributed by atoms with Crippen LogP contribution in [0.1, 0.15) is 38.4 Å². The number of likely N-dealkylation sites (tertiary alicyclic amines) is 1. The van der Waals surface area contributed by atoms with E-state index in [-0.39, 0.29) is 11.8 Å². The smallest absolute Gasteiger partial charge is 0.223 e. The minimum Gasteiger partial charge on any atom is -0.338 e. The molecule has 2 atom stereocenters. The number of carbonyl (C=O) groups excluding carboxylic acids is 1. The zero-order valence-corrected chi connectivity index (χ0v) is 14.0. The highest BCUT2D eigenvalue weighted by atomic mass is 16.2. The standard InChI is InChI=1S/C19H25N3O/c1-4-10-21-13-15(11-18(21)23)19-20-16-8-6-7-9-17(16)22(19)12-14(3)5-2/h4,6-9,14-15H,1,5,10-13H2,2-3H3/t14-,15+/m0/s1. The maximum absolute atomic E-state index is 12.2. The third-order valence-electron chi connectivity index (χ3n) is 4.80. The van der Waals surface area contributed by atoms with Crippen LogP contribution in [0.25, 0.3) is 11.0 Å². The SMILES string of the molecule is C=CCN1C[C@H](c2nc3ccccc3n2C[C@@H](C)CC)CC1=O. The first kappa shape index (κ1) is 15.8. The topological polar surface area (TPSA) is 38.1 Å². The van der Waals surface area contributed by atoms with E-state index in [1.807, 2.05) is 11.0 Å². The summed E-state index contributed by atoms with van der Waals surface area (Å²) in [6.45, 7) is 10.6. The molecule has 1 amide bonds. The fourth-order valence-corrected chi connectivity index (χ4v) is 3.32. The van der Waals surface area contributed by atoms with Crippen molar-refractivity contribution in [2.24, 2.45) is 5.92 Å². The average molecular weight is 311 g/mol. The van der Waals surface area contributed by atoms with Gasteiger partial charge in [0, 0.05) is 32.0 Å². The van der Waals surface area contributed by atoms with Gasteiger partial charge in [0.05, 0.1) is 11.0 Å². The zero-order chi connectivity index (χ0) is 16.4. The Labute approximate surface area is 137 Å². The summed E-state index contributed by atoms with van der Waals surface area (Å²) >= 11 is 0. The molecule has 3 rings (SSSR count). The first-order valence-electron chi connectivity index (χ1n) is 8.47. The monoisotopic (exact) mass is 311 g/mol. The second kappa shape index (κ2) is 6.57. The summed E-state index contributed by atoms with van der Waals surface area (Å²) in [6.07, 6.45) is 3.48. The normalized spacial score (nSPS) is 19.5. The Bertz CT molecular complexity index is 718. The molecule has 1 aromatic carbocycles. The molecule has 1 fully saturated rings. The van der Waals surface area contributed by atoms with Gasteiger partial charge in [-0.25, -0.2) is 4.98 Å². The van der Waals surface area contributed by atoms with E-state index >= 15 is 0 Å².